The van der Waals surface area contributed by atoms with E-state index in [0.29, 0.717) is 12.4 Å². The number of rotatable bonds is 6. The predicted octanol–water partition coefficient (Wildman–Crippen LogP) is 4.20. The maximum Gasteiger partial charge on any atom is 0.214 e. The number of guanidine groups is 1. The van der Waals surface area contributed by atoms with Gasteiger partial charge in [0.25, 0.3) is 0 Å². The van der Waals surface area contributed by atoms with Gasteiger partial charge in [-0.15, -0.1) is 24.0 Å². The molecule has 1 aliphatic rings. The second-order valence-electron chi connectivity index (χ2n) is 8.12. The number of nitrogens with zero attached hydrogens (tertiary/aromatic N) is 3. The minimum Gasteiger partial charge on any atom is -0.439 e. The van der Waals surface area contributed by atoms with Crippen molar-refractivity contribution in [2.45, 2.75) is 52.1 Å². The van der Waals surface area contributed by atoms with E-state index in [0.717, 1.165) is 23.8 Å². The highest BCUT2D eigenvalue weighted by Crippen LogP contribution is 2.21. The summed E-state index contributed by atoms with van der Waals surface area (Å²) >= 11 is 0. The zero-order valence-electron chi connectivity index (χ0n) is 18.0. The molecule has 0 radical (unpaired) electrons. The van der Waals surface area contributed by atoms with E-state index in [2.05, 4.69) is 70.5 Å². The first-order valence-corrected chi connectivity index (χ1v) is 10.2. The summed E-state index contributed by atoms with van der Waals surface area (Å²) in [7, 11) is 1.79. The molecule has 160 valence electrons. The summed E-state index contributed by atoms with van der Waals surface area (Å²) in [4.78, 5) is 11.3. The number of halogens is 1. The summed E-state index contributed by atoms with van der Waals surface area (Å²) in [5, 5.41) is 6.75. The number of hydrogen-bond acceptors (Lipinski definition) is 4. The summed E-state index contributed by atoms with van der Waals surface area (Å²) in [6, 6.07) is 8.25. The third-order valence-corrected chi connectivity index (χ3v) is 5.42. The minimum atomic E-state index is 0. The first-order chi connectivity index (χ1) is 13.5. The molecule has 0 saturated carbocycles. The molecule has 6 nitrogen and oxygen atoms in total. The van der Waals surface area contributed by atoms with Crippen LogP contribution in [0.1, 0.15) is 44.6 Å². The number of aromatic nitrogens is 1. The van der Waals surface area contributed by atoms with Crippen LogP contribution in [-0.2, 0) is 6.54 Å². The molecule has 3 rings (SSSR count). The van der Waals surface area contributed by atoms with Gasteiger partial charge in [0, 0.05) is 24.7 Å². The van der Waals surface area contributed by atoms with Crippen molar-refractivity contribution >= 4 is 29.9 Å². The Morgan fingerprint density at radius 1 is 1.14 bits per heavy atom. The molecule has 0 aliphatic carbocycles. The van der Waals surface area contributed by atoms with Gasteiger partial charge in [0.05, 0.1) is 12.7 Å². The number of nitrogens with one attached hydrogen (secondary N) is 2. The maximum atomic E-state index is 5.88. The SMILES string of the molecule is CN=C(NCc1ncc(-c2ccc(C)cc2)o1)NCC(C)(C)N1CCCCC1.I. The highest BCUT2D eigenvalue weighted by Gasteiger charge is 2.27. The van der Waals surface area contributed by atoms with Crippen molar-refractivity contribution in [3.05, 3.63) is 41.9 Å². The molecular weight excluding hydrogens is 477 g/mol. The molecule has 2 aromatic rings. The van der Waals surface area contributed by atoms with Crippen molar-refractivity contribution in [1.29, 1.82) is 0 Å². The number of likely N-dealkylation sites (tertiary alicyclic amines) is 1. The van der Waals surface area contributed by atoms with Crippen LogP contribution in [-0.4, -0.2) is 48.1 Å². The van der Waals surface area contributed by atoms with Gasteiger partial charge in [-0.25, -0.2) is 4.98 Å². The first-order valence-electron chi connectivity index (χ1n) is 10.2. The van der Waals surface area contributed by atoms with Crippen molar-refractivity contribution in [2.24, 2.45) is 4.99 Å². The Morgan fingerprint density at radius 3 is 2.48 bits per heavy atom. The standard InChI is InChI=1S/C22H33N5O.HI/c1-17-8-10-18(11-9-17)19-14-24-20(28-19)15-25-21(23-4)26-16-22(2,3)27-12-6-5-7-13-27;/h8-11,14H,5-7,12-13,15-16H2,1-4H3,(H2,23,25,26);1H. The molecule has 1 fully saturated rings. The van der Waals surface area contributed by atoms with E-state index in [9.17, 15) is 0 Å². The molecule has 29 heavy (non-hydrogen) atoms. The molecule has 2 heterocycles. The molecule has 7 heteroatoms. The molecule has 0 amide bonds. The molecule has 0 atom stereocenters. The lowest BCUT2D eigenvalue weighted by Gasteiger charge is -2.41. The Balaban J connectivity index is 0.00000300. The Labute approximate surface area is 191 Å². The van der Waals surface area contributed by atoms with E-state index in [4.69, 9.17) is 4.42 Å². The number of aryl methyl sites for hydroxylation is 1. The van der Waals surface area contributed by atoms with Gasteiger partial charge in [-0.3, -0.25) is 9.89 Å². The molecule has 0 bridgehead atoms. The van der Waals surface area contributed by atoms with E-state index >= 15 is 0 Å². The van der Waals surface area contributed by atoms with E-state index < -0.39 is 0 Å². The van der Waals surface area contributed by atoms with Crippen LogP contribution in [0.5, 0.6) is 0 Å². The van der Waals surface area contributed by atoms with Crippen LogP contribution in [0.15, 0.2) is 39.9 Å². The van der Waals surface area contributed by atoms with Crippen molar-refractivity contribution in [3.8, 4) is 11.3 Å². The fourth-order valence-corrected chi connectivity index (χ4v) is 3.53. The van der Waals surface area contributed by atoms with Gasteiger partial charge in [-0.05, 0) is 46.7 Å². The third kappa shape index (κ3) is 6.70. The van der Waals surface area contributed by atoms with E-state index in [-0.39, 0.29) is 29.5 Å². The minimum absolute atomic E-state index is 0. The molecule has 2 N–H and O–H groups in total. The number of oxazole rings is 1. The topological polar surface area (TPSA) is 65.7 Å². The first kappa shape index (κ1) is 23.7. The highest BCUT2D eigenvalue weighted by molar-refractivity contribution is 14.0. The molecular formula is C22H34IN5O. The van der Waals surface area contributed by atoms with Gasteiger partial charge in [0.2, 0.25) is 5.89 Å². The van der Waals surface area contributed by atoms with Crippen molar-refractivity contribution < 1.29 is 4.42 Å². The quantitative estimate of drug-likeness (QED) is 0.346. The maximum absolute atomic E-state index is 5.88. The number of aliphatic imine (C=N–C) groups is 1. The van der Waals surface area contributed by atoms with Gasteiger partial charge < -0.3 is 15.1 Å². The Bertz CT molecular complexity index is 779. The Hall–Kier alpha value is -1.61. The van der Waals surface area contributed by atoms with Crippen LogP contribution in [0.3, 0.4) is 0 Å². The van der Waals surface area contributed by atoms with E-state index in [1.807, 2.05) is 0 Å². The highest BCUT2D eigenvalue weighted by atomic mass is 127. The molecule has 1 aliphatic heterocycles. The van der Waals surface area contributed by atoms with Crippen LogP contribution in [0, 0.1) is 6.92 Å². The van der Waals surface area contributed by atoms with Gasteiger partial charge in [0.15, 0.2) is 11.7 Å². The monoisotopic (exact) mass is 511 g/mol. The summed E-state index contributed by atoms with van der Waals surface area (Å²) < 4.78 is 5.88. The zero-order chi connectivity index (χ0) is 20.0. The second kappa shape index (κ2) is 11.0. The zero-order valence-corrected chi connectivity index (χ0v) is 20.3. The fourth-order valence-electron chi connectivity index (χ4n) is 3.53. The number of piperidine rings is 1. The van der Waals surface area contributed by atoms with Gasteiger partial charge in [-0.2, -0.15) is 0 Å². The summed E-state index contributed by atoms with van der Waals surface area (Å²) in [6.45, 7) is 10.4. The summed E-state index contributed by atoms with van der Waals surface area (Å²) in [6.07, 6.45) is 5.72. The summed E-state index contributed by atoms with van der Waals surface area (Å²) in [5.74, 6) is 2.19. The lowest BCUT2D eigenvalue weighted by atomic mass is 9.98. The van der Waals surface area contributed by atoms with Crippen molar-refractivity contribution in [3.63, 3.8) is 0 Å². The van der Waals surface area contributed by atoms with Gasteiger partial charge in [-0.1, -0.05) is 36.2 Å². The normalized spacial score (nSPS) is 15.7. The van der Waals surface area contributed by atoms with E-state index in [1.165, 1.54) is 37.9 Å². The van der Waals surface area contributed by atoms with Crippen LogP contribution < -0.4 is 10.6 Å². The predicted molar refractivity (Wildman–Crippen MR) is 130 cm³/mol. The van der Waals surface area contributed by atoms with Gasteiger partial charge in [0.1, 0.15) is 0 Å². The smallest absolute Gasteiger partial charge is 0.214 e. The number of hydrogen-bond donors (Lipinski definition) is 2. The lowest BCUT2D eigenvalue weighted by Crippen LogP contribution is -2.54. The van der Waals surface area contributed by atoms with Crippen LogP contribution in [0.25, 0.3) is 11.3 Å². The fraction of sp³-hybridized carbons (Fsp3) is 0.545. The molecule has 1 aromatic heterocycles. The molecule has 0 unspecified atom stereocenters. The number of benzene rings is 1. The average Bonchev–Trinajstić information content (AvgIpc) is 3.18. The summed E-state index contributed by atoms with van der Waals surface area (Å²) in [5.41, 5.74) is 2.36. The van der Waals surface area contributed by atoms with Crippen LogP contribution >= 0.6 is 24.0 Å². The van der Waals surface area contributed by atoms with E-state index in [1.54, 1.807) is 13.2 Å². The molecule has 1 aromatic carbocycles. The lowest BCUT2D eigenvalue weighted by molar-refractivity contribution is 0.0982. The second-order valence-corrected chi connectivity index (χ2v) is 8.12. The van der Waals surface area contributed by atoms with Crippen molar-refractivity contribution in [2.75, 3.05) is 26.7 Å². The Kier molecular flexibility index (Phi) is 8.95. The third-order valence-electron chi connectivity index (χ3n) is 5.42. The van der Waals surface area contributed by atoms with Crippen molar-refractivity contribution in [1.82, 2.24) is 20.5 Å². The van der Waals surface area contributed by atoms with Crippen LogP contribution in [0.2, 0.25) is 0 Å². The average molecular weight is 511 g/mol. The van der Waals surface area contributed by atoms with Gasteiger partial charge >= 0.3 is 0 Å². The molecule has 1 saturated heterocycles. The largest absolute Gasteiger partial charge is 0.439 e. The molecule has 0 spiro atoms. The Morgan fingerprint density at radius 2 is 1.83 bits per heavy atom. The van der Waals surface area contributed by atoms with Crippen LogP contribution in [0.4, 0.5) is 0 Å².